The summed E-state index contributed by atoms with van der Waals surface area (Å²) in [5.74, 6) is -1.45. The van der Waals surface area contributed by atoms with E-state index in [1.165, 1.54) is 11.0 Å². The van der Waals surface area contributed by atoms with Crippen LogP contribution in [-0.4, -0.2) is 30.2 Å². The van der Waals surface area contributed by atoms with Gasteiger partial charge in [-0.1, -0.05) is 15.9 Å². The monoisotopic (exact) mass is 330 g/mol. The van der Waals surface area contributed by atoms with Crippen LogP contribution in [0.15, 0.2) is 16.6 Å². The number of benzene rings is 1. The number of carbonyl (C=O) groups is 2. The molecule has 0 bridgehead atoms. The van der Waals surface area contributed by atoms with Crippen LogP contribution < -0.4 is 10.2 Å². The summed E-state index contributed by atoms with van der Waals surface area (Å²) in [6.45, 7) is 0.416. The Balaban J connectivity index is 2.09. The topological polar surface area (TPSA) is 69.6 Å². The van der Waals surface area contributed by atoms with Gasteiger partial charge in [0, 0.05) is 17.6 Å². The Bertz CT molecular complexity index is 536. The first-order valence-electron chi connectivity index (χ1n) is 5.74. The van der Waals surface area contributed by atoms with Crippen molar-refractivity contribution >= 4 is 33.6 Å². The van der Waals surface area contributed by atoms with E-state index in [1.807, 2.05) is 0 Å². The third kappa shape index (κ3) is 3.04. The van der Waals surface area contributed by atoms with Gasteiger partial charge < -0.3 is 10.4 Å². The molecule has 2 N–H and O–H groups in total. The second-order valence-corrected chi connectivity index (χ2v) is 5.09. The molecule has 7 heteroatoms. The highest BCUT2D eigenvalue weighted by atomic mass is 79.9. The summed E-state index contributed by atoms with van der Waals surface area (Å²) >= 11 is 3.21. The molecule has 0 saturated carbocycles. The number of aliphatic carboxylic acids is 1. The zero-order chi connectivity index (χ0) is 14.0. The summed E-state index contributed by atoms with van der Waals surface area (Å²) in [6.07, 6.45) is 0.424. The molecule has 0 aromatic heterocycles. The lowest BCUT2D eigenvalue weighted by Gasteiger charge is -2.18. The molecule has 1 aromatic rings. The molecule has 102 valence electrons. The van der Waals surface area contributed by atoms with E-state index in [0.29, 0.717) is 17.4 Å². The minimum Gasteiger partial charge on any atom is -0.481 e. The average Bonchev–Trinajstić information content (AvgIpc) is 2.72. The van der Waals surface area contributed by atoms with Gasteiger partial charge in [0.1, 0.15) is 5.82 Å². The van der Waals surface area contributed by atoms with E-state index in [-0.39, 0.29) is 18.7 Å². The van der Waals surface area contributed by atoms with E-state index in [1.54, 1.807) is 6.07 Å². The lowest BCUT2D eigenvalue weighted by atomic mass is 10.1. The maximum atomic E-state index is 13.9. The molecule has 1 aromatic carbocycles. The predicted octanol–water partition coefficient (Wildman–Crippen LogP) is 2.13. The molecule has 1 aliphatic rings. The van der Waals surface area contributed by atoms with Crippen LogP contribution in [0.1, 0.15) is 12.0 Å². The molecule has 1 aliphatic heterocycles. The lowest BCUT2D eigenvalue weighted by molar-refractivity contribution is -0.136. The normalized spacial score (nSPS) is 13.3. The predicted molar refractivity (Wildman–Crippen MR) is 70.8 cm³/mol. The number of nitrogens with one attached hydrogen (secondary N) is 1. The number of halogens is 2. The fraction of sp³-hybridized carbons (Fsp3) is 0.333. The highest BCUT2D eigenvalue weighted by molar-refractivity contribution is 9.10. The van der Waals surface area contributed by atoms with Crippen LogP contribution in [0.4, 0.5) is 14.9 Å². The molecular weight excluding hydrogens is 319 g/mol. The van der Waals surface area contributed by atoms with E-state index in [9.17, 15) is 14.0 Å². The molecule has 0 spiro atoms. The number of carboxylic acids is 1. The molecule has 0 atom stereocenters. The lowest BCUT2D eigenvalue weighted by Crippen LogP contribution is -2.40. The maximum absolute atomic E-state index is 13.9. The highest BCUT2D eigenvalue weighted by Crippen LogP contribution is 2.33. The second kappa shape index (κ2) is 5.56. The second-order valence-electron chi connectivity index (χ2n) is 4.17. The smallest absolute Gasteiger partial charge is 0.322 e. The minimum absolute atomic E-state index is 0.0259. The van der Waals surface area contributed by atoms with Gasteiger partial charge in [0.15, 0.2) is 0 Å². The third-order valence-corrected chi connectivity index (χ3v) is 3.30. The number of anilines is 1. The van der Waals surface area contributed by atoms with Crippen molar-refractivity contribution in [3.8, 4) is 0 Å². The molecule has 0 unspecified atom stereocenters. The van der Waals surface area contributed by atoms with Gasteiger partial charge in [-0.15, -0.1) is 0 Å². The number of rotatable bonds is 3. The number of carboxylic acid groups (broad SMARTS) is 1. The summed E-state index contributed by atoms with van der Waals surface area (Å²) in [5, 5.41) is 11.0. The molecule has 2 rings (SSSR count). The quantitative estimate of drug-likeness (QED) is 0.892. The van der Waals surface area contributed by atoms with E-state index < -0.39 is 17.8 Å². The van der Waals surface area contributed by atoms with Crippen LogP contribution in [0.25, 0.3) is 0 Å². The van der Waals surface area contributed by atoms with Crippen molar-refractivity contribution in [1.82, 2.24) is 5.32 Å². The SMILES string of the molecule is O=C(O)CCNC(=O)N1CCc2cc(Br)cc(F)c21. The van der Waals surface area contributed by atoms with E-state index in [2.05, 4.69) is 21.2 Å². The van der Waals surface area contributed by atoms with Crippen molar-refractivity contribution in [3.63, 3.8) is 0 Å². The molecule has 0 radical (unpaired) electrons. The third-order valence-electron chi connectivity index (χ3n) is 2.84. The number of carbonyl (C=O) groups excluding carboxylic acids is 1. The summed E-state index contributed by atoms with van der Waals surface area (Å²) in [5.41, 5.74) is 1.04. The number of hydrogen-bond donors (Lipinski definition) is 2. The van der Waals surface area contributed by atoms with Crippen LogP contribution in [0, 0.1) is 5.82 Å². The molecule has 0 fully saturated rings. The first-order chi connectivity index (χ1) is 8.99. The van der Waals surface area contributed by atoms with Crippen LogP contribution in [0.2, 0.25) is 0 Å². The number of urea groups is 1. The zero-order valence-electron chi connectivity index (χ0n) is 9.95. The van der Waals surface area contributed by atoms with Gasteiger partial charge in [0.25, 0.3) is 0 Å². The van der Waals surface area contributed by atoms with Gasteiger partial charge >= 0.3 is 12.0 Å². The molecule has 1 heterocycles. The largest absolute Gasteiger partial charge is 0.481 e. The van der Waals surface area contributed by atoms with E-state index >= 15 is 0 Å². The number of amides is 2. The van der Waals surface area contributed by atoms with Crippen molar-refractivity contribution in [1.29, 1.82) is 0 Å². The Labute approximate surface area is 117 Å². The Morgan fingerprint density at radius 3 is 2.89 bits per heavy atom. The van der Waals surface area contributed by atoms with Crippen molar-refractivity contribution in [3.05, 3.63) is 28.0 Å². The average molecular weight is 331 g/mol. The standard InChI is InChI=1S/C12H12BrFN2O3/c13-8-5-7-2-4-16(11(7)9(14)6-8)12(19)15-3-1-10(17)18/h5-6H,1-4H2,(H,15,19)(H,17,18). The van der Waals surface area contributed by atoms with Gasteiger partial charge in [-0.25, -0.2) is 9.18 Å². The molecule has 2 amide bonds. The Morgan fingerprint density at radius 2 is 2.21 bits per heavy atom. The zero-order valence-corrected chi connectivity index (χ0v) is 11.5. The summed E-state index contributed by atoms with van der Waals surface area (Å²) in [7, 11) is 0. The first-order valence-corrected chi connectivity index (χ1v) is 6.53. The van der Waals surface area contributed by atoms with Gasteiger partial charge in [0.2, 0.25) is 0 Å². The maximum Gasteiger partial charge on any atom is 0.322 e. The van der Waals surface area contributed by atoms with Gasteiger partial charge in [0.05, 0.1) is 12.1 Å². The van der Waals surface area contributed by atoms with E-state index in [0.717, 1.165) is 5.56 Å². The van der Waals surface area contributed by atoms with Crippen LogP contribution in [-0.2, 0) is 11.2 Å². The number of fused-ring (bicyclic) bond motifs is 1. The Morgan fingerprint density at radius 1 is 1.47 bits per heavy atom. The highest BCUT2D eigenvalue weighted by Gasteiger charge is 2.28. The number of hydrogen-bond acceptors (Lipinski definition) is 2. The molecule has 19 heavy (non-hydrogen) atoms. The van der Waals surface area contributed by atoms with Crippen LogP contribution in [0.5, 0.6) is 0 Å². The van der Waals surface area contributed by atoms with Crippen molar-refractivity contribution in [2.24, 2.45) is 0 Å². The summed E-state index contributed by atoms with van der Waals surface area (Å²) < 4.78 is 14.5. The summed E-state index contributed by atoms with van der Waals surface area (Å²) in [6, 6.07) is 2.62. The number of nitrogens with zero attached hydrogens (tertiary/aromatic N) is 1. The molecule has 5 nitrogen and oxygen atoms in total. The van der Waals surface area contributed by atoms with Crippen molar-refractivity contribution < 1.29 is 19.1 Å². The van der Waals surface area contributed by atoms with Crippen molar-refractivity contribution in [2.75, 3.05) is 18.0 Å². The van der Waals surface area contributed by atoms with Crippen LogP contribution >= 0.6 is 15.9 Å². The Kier molecular flexibility index (Phi) is 4.04. The first kappa shape index (κ1) is 13.8. The fourth-order valence-electron chi connectivity index (χ4n) is 2.03. The van der Waals surface area contributed by atoms with Gasteiger partial charge in [-0.2, -0.15) is 0 Å². The van der Waals surface area contributed by atoms with E-state index in [4.69, 9.17) is 5.11 Å². The molecular formula is C12H12BrFN2O3. The fourth-order valence-corrected chi connectivity index (χ4v) is 2.51. The van der Waals surface area contributed by atoms with Gasteiger partial charge in [-0.3, -0.25) is 9.69 Å². The van der Waals surface area contributed by atoms with Gasteiger partial charge in [-0.05, 0) is 24.1 Å². The summed E-state index contributed by atoms with van der Waals surface area (Å²) in [4.78, 5) is 23.5. The molecule has 0 aliphatic carbocycles. The van der Waals surface area contributed by atoms with Crippen molar-refractivity contribution in [2.45, 2.75) is 12.8 Å². The van der Waals surface area contributed by atoms with Crippen LogP contribution in [0.3, 0.4) is 0 Å². The minimum atomic E-state index is -0.989. The Hall–Kier alpha value is -1.63. The molecule has 0 saturated heterocycles.